The number of nitrogens with zero attached hydrogens (tertiary/aromatic N) is 1. The van der Waals surface area contributed by atoms with Gasteiger partial charge in [0, 0.05) is 7.05 Å². The van der Waals surface area contributed by atoms with Crippen LogP contribution in [0.3, 0.4) is 0 Å². The molecule has 0 spiro atoms. The summed E-state index contributed by atoms with van der Waals surface area (Å²) in [5, 5.41) is 3.73. The maximum atomic E-state index is 6.09. The Hall–Kier alpha value is -1.45. The number of halogens is 2. The second-order valence-electron chi connectivity index (χ2n) is 4.23. The highest BCUT2D eigenvalue weighted by Gasteiger charge is 2.11. The Morgan fingerprint density at radius 1 is 1.11 bits per heavy atom. The van der Waals surface area contributed by atoms with E-state index in [0.29, 0.717) is 21.7 Å². The third-order valence-corrected chi connectivity index (χ3v) is 3.23. The zero-order valence-corrected chi connectivity index (χ0v) is 12.4. The largest absolute Gasteiger partial charge is 0.437 e. The van der Waals surface area contributed by atoms with Crippen molar-refractivity contribution in [2.75, 3.05) is 12.4 Å². The number of aryl methyl sites for hydroxylation is 2. The van der Waals surface area contributed by atoms with E-state index in [4.69, 9.17) is 27.9 Å². The van der Waals surface area contributed by atoms with E-state index in [-0.39, 0.29) is 0 Å². The summed E-state index contributed by atoms with van der Waals surface area (Å²) in [7, 11) is 1.74. The normalized spacial score (nSPS) is 10.4. The summed E-state index contributed by atoms with van der Waals surface area (Å²) < 4.78 is 5.75. The number of pyridine rings is 1. The van der Waals surface area contributed by atoms with Gasteiger partial charge in [0.15, 0.2) is 0 Å². The SMILES string of the molecule is CNc1nc(Oc2ccc(C)cc2C)c(Cl)cc1Cl. The van der Waals surface area contributed by atoms with Crippen LogP contribution in [0.15, 0.2) is 24.3 Å². The first kappa shape index (κ1) is 14.0. The van der Waals surface area contributed by atoms with Crippen molar-refractivity contribution in [3.63, 3.8) is 0 Å². The zero-order valence-electron chi connectivity index (χ0n) is 10.9. The number of ether oxygens (including phenoxy) is 1. The molecule has 0 saturated carbocycles. The van der Waals surface area contributed by atoms with Gasteiger partial charge >= 0.3 is 0 Å². The van der Waals surface area contributed by atoms with Gasteiger partial charge in [0.1, 0.15) is 16.6 Å². The molecule has 2 rings (SSSR count). The van der Waals surface area contributed by atoms with Gasteiger partial charge < -0.3 is 10.1 Å². The molecule has 100 valence electrons. The first-order valence-electron chi connectivity index (χ1n) is 5.80. The molecule has 0 aliphatic heterocycles. The van der Waals surface area contributed by atoms with Crippen LogP contribution in [0.2, 0.25) is 10.0 Å². The molecule has 1 aromatic heterocycles. The van der Waals surface area contributed by atoms with E-state index in [1.807, 2.05) is 32.0 Å². The van der Waals surface area contributed by atoms with Crippen LogP contribution in [-0.4, -0.2) is 12.0 Å². The van der Waals surface area contributed by atoms with E-state index < -0.39 is 0 Å². The quantitative estimate of drug-likeness (QED) is 0.880. The minimum atomic E-state index is 0.336. The smallest absolute Gasteiger partial charge is 0.240 e. The van der Waals surface area contributed by atoms with E-state index in [2.05, 4.69) is 10.3 Å². The summed E-state index contributed by atoms with van der Waals surface area (Å²) in [5.41, 5.74) is 2.20. The lowest BCUT2D eigenvalue weighted by molar-refractivity contribution is 0.460. The predicted molar refractivity (Wildman–Crippen MR) is 79.8 cm³/mol. The van der Waals surface area contributed by atoms with E-state index in [0.717, 1.165) is 11.3 Å². The first-order valence-corrected chi connectivity index (χ1v) is 6.55. The van der Waals surface area contributed by atoms with Gasteiger partial charge in [-0.2, -0.15) is 4.98 Å². The molecular formula is C14H14Cl2N2O. The Morgan fingerprint density at radius 3 is 2.47 bits per heavy atom. The lowest BCUT2D eigenvalue weighted by Crippen LogP contribution is -1.97. The van der Waals surface area contributed by atoms with Crippen molar-refractivity contribution in [1.82, 2.24) is 4.98 Å². The standard InChI is InChI=1S/C14H14Cl2N2O/c1-8-4-5-12(9(2)6-8)19-14-11(16)7-10(15)13(17-3)18-14/h4-7H,1-3H3,(H,17,18). The minimum Gasteiger partial charge on any atom is -0.437 e. The number of aromatic nitrogens is 1. The van der Waals surface area contributed by atoms with Gasteiger partial charge in [0.25, 0.3) is 0 Å². The molecule has 0 fully saturated rings. The molecule has 0 aliphatic carbocycles. The predicted octanol–water partition coefficient (Wildman–Crippen LogP) is 4.84. The molecule has 0 atom stereocenters. The zero-order chi connectivity index (χ0) is 14.0. The Bertz CT molecular complexity index is 615. The van der Waals surface area contributed by atoms with Crippen molar-refractivity contribution in [1.29, 1.82) is 0 Å². The highest BCUT2D eigenvalue weighted by atomic mass is 35.5. The summed E-state index contributed by atoms with van der Waals surface area (Å²) in [6.45, 7) is 4.01. The van der Waals surface area contributed by atoms with Crippen molar-refractivity contribution in [2.45, 2.75) is 13.8 Å². The molecular weight excluding hydrogens is 283 g/mol. The van der Waals surface area contributed by atoms with Crippen LogP contribution in [0.5, 0.6) is 11.6 Å². The number of rotatable bonds is 3. The summed E-state index contributed by atoms with van der Waals surface area (Å²) in [5.74, 6) is 1.59. The van der Waals surface area contributed by atoms with Crippen LogP contribution in [0, 0.1) is 13.8 Å². The molecule has 0 aliphatic rings. The van der Waals surface area contributed by atoms with Crippen molar-refractivity contribution >= 4 is 29.0 Å². The van der Waals surface area contributed by atoms with Crippen molar-refractivity contribution in [2.24, 2.45) is 0 Å². The number of hydrogen-bond donors (Lipinski definition) is 1. The van der Waals surface area contributed by atoms with Gasteiger partial charge in [-0.1, -0.05) is 40.9 Å². The Kier molecular flexibility index (Phi) is 4.17. The van der Waals surface area contributed by atoms with Gasteiger partial charge in [-0.05, 0) is 31.5 Å². The number of anilines is 1. The molecule has 2 aromatic rings. The van der Waals surface area contributed by atoms with E-state index in [9.17, 15) is 0 Å². The lowest BCUT2D eigenvalue weighted by Gasteiger charge is -2.12. The lowest BCUT2D eigenvalue weighted by atomic mass is 10.1. The van der Waals surface area contributed by atoms with Gasteiger partial charge in [-0.15, -0.1) is 0 Å². The molecule has 3 nitrogen and oxygen atoms in total. The van der Waals surface area contributed by atoms with Crippen LogP contribution in [0.25, 0.3) is 0 Å². The van der Waals surface area contributed by atoms with Crippen molar-refractivity contribution < 1.29 is 4.74 Å². The minimum absolute atomic E-state index is 0.336. The van der Waals surface area contributed by atoms with Crippen LogP contribution in [0.1, 0.15) is 11.1 Å². The van der Waals surface area contributed by atoms with Crippen LogP contribution in [0.4, 0.5) is 5.82 Å². The highest BCUT2D eigenvalue weighted by molar-refractivity contribution is 6.36. The van der Waals surface area contributed by atoms with Crippen LogP contribution in [-0.2, 0) is 0 Å². The first-order chi connectivity index (χ1) is 9.01. The fourth-order valence-electron chi connectivity index (χ4n) is 1.71. The maximum Gasteiger partial charge on any atom is 0.240 e. The van der Waals surface area contributed by atoms with E-state index in [1.54, 1.807) is 13.1 Å². The molecule has 0 unspecified atom stereocenters. The molecule has 0 bridgehead atoms. The van der Waals surface area contributed by atoms with Crippen molar-refractivity contribution in [3.8, 4) is 11.6 Å². The fraction of sp³-hybridized carbons (Fsp3) is 0.214. The second-order valence-corrected chi connectivity index (χ2v) is 5.04. The highest BCUT2D eigenvalue weighted by Crippen LogP contribution is 2.34. The molecule has 1 N–H and O–H groups in total. The van der Waals surface area contributed by atoms with Crippen LogP contribution < -0.4 is 10.1 Å². The summed E-state index contributed by atoms with van der Waals surface area (Å²) in [6, 6.07) is 7.53. The topological polar surface area (TPSA) is 34.2 Å². The molecule has 19 heavy (non-hydrogen) atoms. The van der Waals surface area contributed by atoms with Gasteiger partial charge in [-0.25, -0.2) is 0 Å². The van der Waals surface area contributed by atoms with Crippen molar-refractivity contribution in [3.05, 3.63) is 45.4 Å². The Morgan fingerprint density at radius 2 is 1.84 bits per heavy atom. The third-order valence-electron chi connectivity index (χ3n) is 2.67. The number of nitrogens with one attached hydrogen (secondary N) is 1. The fourth-order valence-corrected chi connectivity index (χ4v) is 2.21. The average Bonchev–Trinajstić information content (AvgIpc) is 2.35. The summed E-state index contributed by atoms with van der Waals surface area (Å²) in [4.78, 5) is 4.25. The number of benzene rings is 1. The maximum absolute atomic E-state index is 6.09. The van der Waals surface area contributed by atoms with E-state index >= 15 is 0 Å². The Balaban J connectivity index is 2.37. The van der Waals surface area contributed by atoms with E-state index in [1.165, 1.54) is 5.56 Å². The Labute approximate surface area is 122 Å². The second kappa shape index (κ2) is 5.68. The molecule has 1 aromatic carbocycles. The number of hydrogen-bond acceptors (Lipinski definition) is 3. The third kappa shape index (κ3) is 3.11. The van der Waals surface area contributed by atoms with Gasteiger partial charge in [-0.3, -0.25) is 0 Å². The van der Waals surface area contributed by atoms with Crippen LogP contribution >= 0.6 is 23.2 Å². The van der Waals surface area contributed by atoms with Gasteiger partial charge in [0.2, 0.25) is 5.88 Å². The molecule has 5 heteroatoms. The molecule has 1 heterocycles. The molecule has 0 amide bonds. The summed E-state index contributed by atoms with van der Waals surface area (Å²) in [6.07, 6.45) is 0. The molecule has 0 saturated heterocycles. The molecule has 0 radical (unpaired) electrons. The monoisotopic (exact) mass is 296 g/mol. The average molecular weight is 297 g/mol. The van der Waals surface area contributed by atoms with Gasteiger partial charge in [0.05, 0.1) is 5.02 Å². The summed E-state index contributed by atoms with van der Waals surface area (Å²) >= 11 is 12.1.